The molecule has 0 atom stereocenters. The summed E-state index contributed by atoms with van der Waals surface area (Å²) in [6, 6.07) is 30.6. The largest absolute Gasteiger partial charge is 0.326 e. The van der Waals surface area contributed by atoms with Gasteiger partial charge in [-0.2, -0.15) is 0 Å². The normalized spacial score (nSPS) is 11.9. The van der Waals surface area contributed by atoms with Crippen LogP contribution in [0.1, 0.15) is 5.56 Å². The first kappa shape index (κ1) is 15.9. The van der Waals surface area contributed by atoms with Gasteiger partial charge in [0.15, 0.2) is 0 Å². The summed E-state index contributed by atoms with van der Waals surface area (Å²) in [5, 5.41) is 5.26. The van der Waals surface area contributed by atoms with Crippen LogP contribution in [-0.2, 0) is 6.54 Å². The average Bonchev–Trinajstić information content (AvgIpc) is 3.27. The molecule has 0 aliphatic rings. The van der Waals surface area contributed by atoms with Crippen LogP contribution in [0.3, 0.4) is 0 Å². The van der Waals surface area contributed by atoms with Crippen molar-refractivity contribution in [3.8, 4) is 5.69 Å². The van der Waals surface area contributed by atoms with Gasteiger partial charge in [-0.1, -0.05) is 48.5 Å². The SMILES string of the molecule is NCc1cccc(-n2c3ccccc3c3cc4c(cc32)sc2ccccc24)c1. The number of aromatic nitrogens is 1. The molecule has 0 radical (unpaired) electrons. The van der Waals surface area contributed by atoms with Crippen LogP contribution in [-0.4, -0.2) is 4.57 Å². The summed E-state index contributed by atoms with van der Waals surface area (Å²) in [4.78, 5) is 0. The predicted octanol–water partition coefficient (Wildman–Crippen LogP) is 6.61. The molecule has 4 aromatic carbocycles. The van der Waals surface area contributed by atoms with Crippen molar-refractivity contribution in [3.63, 3.8) is 0 Å². The summed E-state index contributed by atoms with van der Waals surface area (Å²) in [7, 11) is 0. The number of nitrogens with zero attached hydrogens (tertiary/aromatic N) is 1. The van der Waals surface area contributed by atoms with Gasteiger partial charge < -0.3 is 10.3 Å². The fraction of sp³-hybridized carbons (Fsp3) is 0.0400. The molecule has 2 N–H and O–H groups in total. The van der Waals surface area contributed by atoms with Crippen molar-refractivity contribution in [2.45, 2.75) is 6.54 Å². The third-order valence-corrected chi connectivity index (χ3v) is 6.71. The highest BCUT2D eigenvalue weighted by molar-refractivity contribution is 7.25. The Bertz CT molecular complexity index is 1500. The molecule has 0 saturated heterocycles. The van der Waals surface area contributed by atoms with E-state index in [1.807, 2.05) is 11.3 Å². The molecular weight excluding hydrogens is 360 g/mol. The lowest BCUT2D eigenvalue weighted by molar-refractivity contribution is 1.06. The lowest BCUT2D eigenvalue weighted by Crippen LogP contribution is -1.99. The molecule has 134 valence electrons. The van der Waals surface area contributed by atoms with E-state index in [4.69, 9.17) is 5.73 Å². The highest BCUT2D eigenvalue weighted by Crippen LogP contribution is 2.40. The van der Waals surface area contributed by atoms with Crippen LogP contribution in [0.2, 0.25) is 0 Å². The molecule has 2 aromatic heterocycles. The Morgan fingerprint density at radius 2 is 1.46 bits per heavy atom. The van der Waals surface area contributed by atoms with E-state index in [1.54, 1.807) is 0 Å². The van der Waals surface area contributed by atoms with Gasteiger partial charge in [0.1, 0.15) is 0 Å². The number of benzene rings is 4. The van der Waals surface area contributed by atoms with Crippen molar-refractivity contribution in [2.75, 3.05) is 0 Å². The standard InChI is InChI=1S/C25H18N2S/c26-15-16-6-5-7-17(12-16)27-22-10-3-1-8-18(22)20-13-21-19-9-2-4-11-24(19)28-25(21)14-23(20)27/h1-14H,15,26H2. The number of fused-ring (bicyclic) bond motifs is 6. The highest BCUT2D eigenvalue weighted by Gasteiger charge is 2.15. The van der Waals surface area contributed by atoms with Gasteiger partial charge in [0.05, 0.1) is 11.0 Å². The quantitative estimate of drug-likeness (QED) is 0.361. The summed E-state index contributed by atoms with van der Waals surface area (Å²) in [5.74, 6) is 0. The number of nitrogens with two attached hydrogens (primary N) is 1. The van der Waals surface area contributed by atoms with E-state index in [1.165, 1.54) is 42.0 Å². The van der Waals surface area contributed by atoms with Crippen LogP contribution in [0.25, 0.3) is 47.7 Å². The van der Waals surface area contributed by atoms with Gasteiger partial charge in [0, 0.05) is 43.2 Å². The minimum atomic E-state index is 0.547. The maximum absolute atomic E-state index is 5.91. The van der Waals surface area contributed by atoms with Gasteiger partial charge in [-0.25, -0.2) is 0 Å². The van der Waals surface area contributed by atoms with Crippen LogP contribution >= 0.6 is 11.3 Å². The Morgan fingerprint density at radius 1 is 0.643 bits per heavy atom. The summed E-state index contributed by atoms with van der Waals surface area (Å²) in [6.45, 7) is 0.547. The number of para-hydroxylation sites is 1. The fourth-order valence-electron chi connectivity index (χ4n) is 4.29. The second kappa shape index (κ2) is 5.93. The molecular formula is C25H18N2S. The molecule has 0 aliphatic heterocycles. The molecule has 0 spiro atoms. The molecule has 2 heterocycles. The van der Waals surface area contributed by atoms with E-state index in [0.717, 1.165) is 11.3 Å². The van der Waals surface area contributed by atoms with Crippen molar-refractivity contribution in [1.29, 1.82) is 0 Å². The molecule has 0 unspecified atom stereocenters. The first-order valence-corrected chi connectivity index (χ1v) is 10.3. The molecule has 3 heteroatoms. The van der Waals surface area contributed by atoms with Gasteiger partial charge in [-0.05, 0) is 42.0 Å². The zero-order valence-electron chi connectivity index (χ0n) is 15.2. The van der Waals surface area contributed by atoms with Crippen molar-refractivity contribution in [1.82, 2.24) is 4.57 Å². The van der Waals surface area contributed by atoms with Crippen LogP contribution in [0.4, 0.5) is 0 Å². The van der Waals surface area contributed by atoms with E-state index < -0.39 is 0 Å². The maximum atomic E-state index is 5.91. The van der Waals surface area contributed by atoms with Gasteiger partial charge in [-0.3, -0.25) is 0 Å². The van der Waals surface area contributed by atoms with Crippen molar-refractivity contribution in [3.05, 3.63) is 90.5 Å². The summed E-state index contributed by atoms with van der Waals surface area (Å²) >= 11 is 1.86. The smallest absolute Gasteiger partial charge is 0.0555 e. The molecule has 6 aromatic rings. The molecule has 28 heavy (non-hydrogen) atoms. The number of hydrogen-bond acceptors (Lipinski definition) is 2. The fourth-order valence-corrected chi connectivity index (χ4v) is 5.41. The first-order valence-electron chi connectivity index (χ1n) is 9.47. The van der Waals surface area contributed by atoms with E-state index in [2.05, 4.69) is 89.5 Å². The minimum Gasteiger partial charge on any atom is -0.326 e. The number of rotatable bonds is 2. The number of thiophene rings is 1. The Hall–Kier alpha value is -3.14. The molecule has 0 fully saturated rings. The zero-order chi connectivity index (χ0) is 18.7. The van der Waals surface area contributed by atoms with Gasteiger partial charge in [0.25, 0.3) is 0 Å². The highest BCUT2D eigenvalue weighted by atomic mass is 32.1. The lowest BCUT2D eigenvalue weighted by atomic mass is 10.1. The molecule has 0 saturated carbocycles. The molecule has 6 rings (SSSR count). The second-order valence-corrected chi connectivity index (χ2v) is 8.27. The third-order valence-electron chi connectivity index (χ3n) is 5.58. The molecule has 2 nitrogen and oxygen atoms in total. The van der Waals surface area contributed by atoms with Crippen molar-refractivity contribution < 1.29 is 0 Å². The average molecular weight is 379 g/mol. The van der Waals surface area contributed by atoms with E-state index in [-0.39, 0.29) is 0 Å². The van der Waals surface area contributed by atoms with E-state index in [9.17, 15) is 0 Å². The molecule has 0 amide bonds. The van der Waals surface area contributed by atoms with Gasteiger partial charge in [0.2, 0.25) is 0 Å². The van der Waals surface area contributed by atoms with Crippen LogP contribution in [0, 0.1) is 0 Å². The lowest BCUT2D eigenvalue weighted by Gasteiger charge is -2.09. The maximum Gasteiger partial charge on any atom is 0.0555 e. The summed E-state index contributed by atoms with van der Waals surface area (Å²) in [5.41, 5.74) is 10.7. The first-order chi connectivity index (χ1) is 13.8. The Kier molecular flexibility index (Phi) is 3.36. The Balaban J connectivity index is 1.80. The van der Waals surface area contributed by atoms with E-state index in [0.29, 0.717) is 6.54 Å². The second-order valence-electron chi connectivity index (χ2n) is 7.19. The van der Waals surface area contributed by atoms with Crippen molar-refractivity contribution in [2.24, 2.45) is 5.73 Å². The predicted molar refractivity (Wildman–Crippen MR) is 122 cm³/mol. The van der Waals surface area contributed by atoms with Gasteiger partial charge in [-0.15, -0.1) is 11.3 Å². The molecule has 0 aliphatic carbocycles. The number of hydrogen-bond donors (Lipinski definition) is 1. The topological polar surface area (TPSA) is 30.9 Å². The zero-order valence-corrected chi connectivity index (χ0v) is 16.0. The van der Waals surface area contributed by atoms with Crippen molar-refractivity contribution >= 4 is 53.3 Å². The van der Waals surface area contributed by atoms with Gasteiger partial charge >= 0.3 is 0 Å². The van der Waals surface area contributed by atoms with Crippen LogP contribution in [0.15, 0.2) is 84.9 Å². The summed E-state index contributed by atoms with van der Waals surface area (Å²) < 4.78 is 5.03. The Morgan fingerprint density at radius 3 is 2.36 bits per heavy atom. The molecule has 0 bridgehead atoms. The third kappa shape index (κ3) is 2.18. The summed E-state index contributed by atoms with van der Waals surface area (Å²) in [6.07, 6.45) is 0. The van der Waals surface area contributed by atoms with Crippen LogP contribution in [0.5, 0.6) is 0 Å². The monoisotopic (exact) mass is 378 g/mol. The van der Waals surface area contributed by atoms with Crippen LogP contribution < -0.4 is 5.73 Å². The Labute approximate surface area is 166 Å². The minimum absolute atomic E-state index is 0.547. The van der Waals surface area contributed by atoms with E-state index >= 15 is 0 Å².